The maximum atomic E-state index is 5.43. The van der Waals surface area contributed by atoms with Crippen LogP contribution in [0.25, 0.3) is 0 Å². The standard InChI is InChI=1S/C29H35N5OS/c1-33-16-17-34(19-22(33)15-14-20-8-7-11-23(18-20)35-2)27-26-29(31-25-13-6-5-12-24(25)30-27)36-28(32-26)21-9-3-4-10-21/h5-8,11-13,18,21-22,31H,3-4,9-10,14-17,19H2,1-2H3/t22-/m0/s1. The van der Waals surface area contributed by atoms with Gasteiger partial charge < -0.3 is 15.0 Å². The molecule has 0 radical (unpaired) electrons. The first-order valence-electron chi connectivity index (χ1n) is 13.2. The lowest BCUT2D eigenvalue weighted by Crippen LogP contribution is -2.53. The molecule has 36 heavy (non-hydrogen) atoms. The molecule has 6 rings (SSSR count). The highest BCUT2D eigenvalue weighted by Gasteiger charge is 2.32. The monoisotopic (exact) mass is 501 g/mol. The molecule has 0 spiro atoms. The van der Waals surface area contributed by atoms with E-state index in [0.29, 0.717) is 12.0 Å². The van der Waals surface area contributed by atoms with E-state index in [4.69, 9.17) is 14.7 Å². The molecular weight excluding hydrogens is 466 g/mol. The van der Waals surface area contributed by atoms with Crippen LogP contribution in [0.1, 0.15) is 54.3 Å². The number of ether oxygens (including phenoxy) is 1. The van der Waals surface area contributed by atoms with Crippen molar-refractivity contribution in [1.29, 1.82) is 0 Å². The average molecular weight is 502 g/mol. The molecule has 3 heterocycles. The molecule has 3 aliphatic rings. The average Bonchev–Trinajstić information content (AvgIpc) is 3.56. The first kappa shape index (κ1) is 23.5. The fourth-order valence-corrected chi connectivity index (χ4v) is 6.86. The molecule has 1 saturated heterocycles. The van der Waals surface area contributed by atoms with Gasteiger partial charge in [0.25, 0.3) is 0 Å². The second-order valence-electron chi connectivity index (χ2n) is 10.3. The lowest BCUT2D eigenvalue weighted by atomic mass is 10.0. The first-order valence-corrected chi connectivity index (χ1v) is 14.0. The zero-order valence-corrected chi connectivity index (χ0v) is 22.1. The van der Waals surface area contributed by atoms with Crippen molar-refractivity contribution in [2.24, 2.45) is 4.99 Å². The zero-order valence-electron chi connectivity index (χ0n) is 21.2. The third kappa shape index (κ3) is 4.74. The maximum absolute atomic E-state index is 5.43. The van der Waals surface area contributed by atoms with Crippen LogP contribution in [0.3, 0.4) is 0 Å². The Kier molecular flexibility index (Phi) is 6.67. The minimum atomic E-state index is 0.454. The molecule has 2 aromatic carbocycles. The van der Waals surface area contributed by atoms with Crippen LogP contribution in [-0.2, 0) is 6.42 Å². The number of methoxy groups -OCH3 is 1. The summed E-state index contributed by atoms with van der Waals surface area (Å²) in [5.41, 5.74) is 4.42. The van der Waals surface area contributed by atoms with Gasteiger partial charge >= 0.3 is 0 Å². The molecule has 3 aromatic rings. The summed E-state index contributed by atoms with van der Waals surface area (Å²) >= 11 is 1.84. The Hall–Kier alpha value is -2.90. The predicted molar refractivity (Wildman–Crippen MR) is 149 cm³/mol. The summed E-state index contributed by atoms with van der Waals surface area (Å²) < 4.78 is 5.43. The minimum Gasteiger partial charge on any atom is -0.497 e. The normalized spacial score (nSPS) is 20.3. The number of likely N-dealkylation sites (N-methyl/N-ethyl adjacent to an activating group) is 1. The largest absolute Gasteiger partial charge is 0.497 e. The number of hydrogen-bond acceptors (Lipinski definition) is 7. The molecule has 1 aliphatic carbocycles. The summed E-state index contributed by atoms with van der Waals surface area (Å²) in [6.45, 7) is 2.94. The third-order valence-corrected chi connectivity index (χ3v) is 9.05. The van der Waals surface area contributed by atoms with Crippen molar-refractivity contribution in [2.45, 2.75) is 50.5 Å². The number of para-hydroxylation sites is 2. The summed E-state index contributed by atoms with van der Waals surface area (Å²) in [5, 5.41) is 6.11. The SMILES string of the molecule is COc1cccc(CC[C@H]2CN(C3=Nc4ccccc4Nc4sc(C5CCCC5)nc43)CCN2C)c1. The van der Waals surface area contributed by atoms with Gasteiger partial charge in [0.2, 0.25) is 0 Å². The Morgan fingerprint density at radius 1 is 1.08 bits per heavy atom. The van der Waals surface area contributed by atoms with Crippen molar-refractivity contribution >= 4 is 33.5 Å². The van der Waals surface area contributed by atoms with Gasteiger partial charge in [0.1, 0.15) is 16.4 Å². The molecule has 0 unspecified atom stereocenters. The van der Waals surface area contributed by atoms with E-state index >= 15 is 0 Å². The Morgan fingerprint density at radius 3 is 2.81 bits per heavy atom. The van der Waals surface area contributed by atoms with Gasteiger partial charge in [-0.15, -0.1) is 11.3 Å². The molecule has 1 N–H and O–H groups in total. The first-order chi connectivity index (χ1) is 17.7. The molecule has 2 aliphatic heterocycles. The number of nitrogens with one attached hydrogen (secondary N) is 1. The quantitative estimate of drug-likeness (QED) is 0.452. The van der Waals surface area contributed by atoms with Gasteiger partial charge in [-0.05, 0) is 62.6 Å². The summed E-state index contributed by atoms with van der Waals surface area (Å²) in [7, 11) is 3.99. The number of piperazine rings is 1. The highest BCUT2D eigenvalue weighted by atomic mass is 32.1. The van der Waals surface area contributed by atoms with Gasteiger partial charge in [-0.2, -0.15) is 0 Å². The molecule has 7 heteroatoms. The smallest absolute Gasteiger partial charge is 0.158 e. The number of fused-ring (bicyclic) bond motifs is 2. The molecule has 0 bridgehead atoms. The number of aromatic nitrogens is 1. The number of aliphatic imine (C=N–C) groups is 1. The van der Waals surface area contributed by atoms with Crippen LogP contribution in [0.2, 0.25) is 0 Å². The second-order valence-corrected chi connectivity index (χ2v) is 11.3. The van der Waals surface area contributed by atoms with Crippen LogP contribution in [0, 0.1) is 0 Å². The van der Waals surface area contributed by atoms with E-state index in [1.165, 1.54) is 36.3 Å². The van der Waals surface area contributed by atoms with Crippen molar-refractivity contribution in [3.05, 3.63) is 64.8 Å². The number of rotatable bonds is 5. The predicted octanol–water partition coefficient (Wildman–Crippen LogP) is 6.19. The maximum Gasteiger partial charge on any atom is 0.158 e. The topological polar surface area (TPSA) is 53.0 Å². The molecule has 1 aromatic heterocycles. The fourth-order valence-electron chi connectivity index (χ4n) is 5.72. The highest BCUT2D eigenvalue weighted by Crippen LogP contribution is 2.43. The Morgan fingerprint density at radius 2 is 1.94 bits per heavy atom. The number of thiazole rings is 1. The Bertz CT molecular complexity index is 1250. The van der Waals surface area contributed by atoms with Crippen LogP contribution >= 0.6 is 11.3 Å². The van der Waals surface area contributed by atoms with Crippen LogP contribution in [-0.4, -0.2) is 60.5 Å². The number of hydrogen-bond donors (Lipinski definition) is 1. The number of nitrogens with zero attached hydrogens (tertiary/aromatic N) is 4. The van der Waals surface area contributed by atoms with E-state index in [9.17, 15) is 0 Å². The van der Waals surface area contributed by atoms with E-state index < -0.39 is 0 Å². The summed E-state index contributed by atoms with van der Waals surface area (Å²) in [5.74, 6) is 2.56. The molecule has 1 atom stereocenters. The highest BCUT2D eigenvalue weighted by molar-refractivity contribution is 7.16. The lowest BCUT2D eigenvalue weighted by molar-refractivity contribution is 0.134. The molecule has 188 valence electrons. The van der Waals surface area contributed by atoms with Gasteiger partial charge in [-0.1, -0.05) is 37.1 Å². The van der Waals surface area contributed by atoms with E-state index in [-0.39, 0.29) is 0 Å². The van der Waals surface area contributed by atoms with Crippen molar-refractivity contribution in [3.63, 3.8) is 0 Å². The van der Waals surface area contributed by atoms with Gasteiger partial charge in [-0.3, -0.25) is 4.90 Å². The molecule has 0 amide bonds. The van der Waals surface area contributed by atoms with Crippen LogP contribution in [0.4, 0.5) is 16.4 Å². The minimum absolute atomic E-state index is 0.454. The molecule has 6 nitrogen and oxygen atoms in total. The van der Waals surface area contributed by atoms with E-state index in [1.807, 2.05) is 17.4 Å². The van der Waals surface area contributed by atoms with Gasteiger partial charge in [0, 0.05) is 31.6 Å². The van der Waals surface area contributed by atoms with Crippen molar-refractivity contribution in [1.82, 2.24) is 14.8 Å². The molecule has 2 fully saturated rings. The summed E-state index contributed by atoms with van der Waals surface area (Å²) in [6, 6.07) is 17.3. The van der Waals surface area contributed by atoms with Gasteiger partial charge in [0.15, 0.2) is 5.84 Å². The number of amidine groups is 1. The number of anilines is 2. The lowest BCUT2D eigenvalue weighted by Gasteiger charge is -2.40. The number of benzene rings is 2. The third-order valence-electron chi connectivity index (χ3n) is 7.92. The van der Waals surface area contributed by atoms with E-state index in [1.54, 1.807) is 7.11 Å². The van der Waals surface area contributed by atoms with Crippen LogP contribution in [0.5, 0.6) is 5.75 Å². The number of aryl methyl sites for hydroxylation is 1. The summed E-state index contributed by atoms with van der Waals surface area (Å²) in [6.07, 6.45) is 7.29. The van der Waals surface area contributed by atoms with Gasteiger partial charge in [0.05, 0.1) is 23.5 Å². The van der Waals surface area contributed by atoms with Gasteiger partial charge in [-0.25, -0.2) is 9.98 Å². The molecule has 1 saturated carbocycles. The van der Waals surface area contributed by atoms with Crippen molar-refractivity contribution in [2.75, 3.05) is 39.1 Å². The Labute approximate surface area is 218 Å². The van der Waals surface area contributed by atoms with E-state index in [2.05, 4.69) is 64.6 Å². The zero-order chi connectivity index (χ0) is 24.5. The van der Waals surface area contributed by atoms with Crippen LogP contribution in [0.15, 0.2) is 53.5 Å². The van der Waals surface area contributed by atoms with Crippen LogP contribution < -0.4 is 10.1 Å². The second kappa shape index (κ2) is 10.2. The molecular formula is C29H35N5OS. The summed E-state index contributed by atoms with van der Waals surface area (Å²) in [4.78, 5) is 15.5. The van der Waals surface area contributed by atoms with E-state index in [0.717, 1.165) is 66.1 Å². The fraction of sp³-hybridized carbons (Fsp3) is 0.448. The van der Waals surface area contributed by atoms with Crippen molar-refractivity contribution < 1.29 is 4.74 Å². The van der Waals surface area contributed by atoms with Crippen molar-refractivity contribution in [3.8, 4) is 5.75 Å². The Balaban J connectivity index is 1.28.